The van der Waals surface area contributed by atoms with Gasteiger partial charge in [0, 0.05) is 13.2 Å². The maximum Gasteiger partial charge on any atom is 0.282 e. The minimum Gasteiger partial charge on any atom is -0.438 e. The molecular formula is C14H14N2O3. The summed E-state index contributed by atoms with van der Waals surface area (Å²) in [4.78, 5) is 21.0. The summed E-state index contributed by atoms with van der Waals surface area (Å²) in [5, 5.41) is 1.12. The number of amides is 1. The third-order valence-electron chi connectivity index (χ3n) is 2.52. The average Bonchev–Trinajstić information content (AvgIpc) is 2.47. The van der Waals surface area contributed by atoms with E-state index in [2.05, 4.69) is 4.98 Å². The van der Waals surface area contributed by atoms with Gasteiger partial charge in [0.2, 0.25) is 5.88 Å². The van der Waals surface area contributed by atoms with Crippen molar-refractivity contribution in [3.63, 3.8) is 0 Å². The molecule has 0 saturated heterocycles. The molecule has 0 aliphatic rings. The molecule has 0 N–H and O–H groups in total. The Labute approximate surface area is 111 Å². The number of pyridine rings is 1. The first-order chi connectivity index (χ1) is 9.22. The summed E-state index contributed by atoms with van der Waals surface area (Å²) in [5.74, 6) is 0.555. The van der Waals surface area contributed by atoms with Gasteiger partial charge in [-0.3, -0.25) is 9.63 Å². The predicted molar refractivity (Wildman–Crippen MR) is 69.9 cm³/mol. The van der Waals surface area contributed by atoms with E-state index in [0.29, 0.717) is 11.3 Å². The number of rotatable bonds is 4. The minimum atomic E-state index is -0.318. The summed E-state index contributed by atoms with van der Waals surface area (Å²) in [6.45, 7) is 0. The van der Waals surface area contributed by atoms with E-state index < -0.39 is 0 Å². The maximum absolute atomic E-state index is 12.1. The van der Waals surface area contributed by atoms with E-state index in [1.807, 2.05) is 18.2 Å². The summed E-state index contributed by atoms with van der Waals surface area (Å²) >= 11 is 0. The first-order valence-electron chi connectivity index (χ1n) is 5.72. The third-order valence-corrected chi connectivity index (χ3v) is 2.52. The van der Waals surface area contributed by atoms with Gasteiger partial charge >= 0.3 is 0 Å². The second kappa shape index (κ2) is 5.97. The highest BCUT2D eigenvalue weighted by Crippen LogP contribution is 2.23. The zero-order chi connectivity index (χ0) is 13.7. The molecule has 1 amide bonds. The Morgan fingerprint density at radius 3 is 2.58 bits per heavy atom. The van der Waals surface area contributed by atoms with Gasteiger partial charge in [0.15, 0.2) is 0 Å². The monoisotopic (exact) mass is 258 g/mol. The van der Waals surface area contributed by atoms with Crippen LogP contribution in [0, 0.1) is 0 Å². The Hall–Kier alpha value is -2.40. The Bertz CT molecular complexity index is 558. The molecule has 1 aromatic carbocycles. The number of carbonyl (C=O) groups excluding carboxylic acids is 1. The summed E-state index contributed by atoms with van der Waals surface area (Å²) < 4.78 is 5.61. The number of aromatic nitrogens is 1. The number of hydroxylamine groups is 2. The van der Waals surface area contributed by atoms with E-state index in [4.69, 9.17) is 9.57 Å². The van der Waals surface area contributed by atoms with Gasteiger partial charge in [-0.2, -0.15) is 0 Å². The van der Waals surface area contributed by atoms with Crippen LogP contribution in [0.15, 0.2) is 48.7 Å². The molecule has 0 fully saturated rings. The number of carbonyl (C=O) groups is 1. The van der Waals surface area contributed by atoms with Crippen LogP contribution < -0.4 is 4.74 Å². The molecule has 0 saturated carbocycles. The Kier molecular flexibility index (Phi) is 4.10. The molecule has 1 heterocycles. The van der Waals surface area contributed by atoms with Crippen molar-refractivity contribution in [1.29, 1.82) is 0 Å². The zero-order valence-electron chi connectivity index (χ0n) is 10.7. The van der Waals surface area contributed by atoms with Crippen LogP contribution >= 0.6 is 0 Å². The lowest BCUT2D eigenvalue weighted by molar-refractivity contribution is -0.0758. The molecule has 19 heavy (non-hydrogen) atoms. The molecule has 5 heteroatoms. The summed E-state index contributed by atoms with van der Waals surface area (Å²) in [6.07, 6.45) is 1.57. The van der Waals surface area contributed by atoms with E-state index in [0.717, 1.165) is 5.06 Å². The molecular weight excluding hydrogens is 244 g/mol. The molecule has 2 aromatic rings. The molecule has 98 valence electrons. The largest absolute Gasteiger partial charge is 0.438 e. The lowest BCUT2D eigenvalue weighted by Crippen LogP contribution is -2.25. The molecule has 1 aromatic heterocycles. The molecule has 0 spiro atoms. The van der Waals surface area contributed by atoms with E-state index in [1.165, 1.54) is 14.2 Å². The number of benzene rings is 1. The SMILES string of the molecule is CON(C)C(=O)c1cccnc1Oc1ccccc1. The smallest absolute Gasteiger partial charge is 0.282 e. The van der Waals surface area contributed by atoms with Crippen LogP contribution in [0.4, 0.5) is 0 Å². The topological polar surface area (TPSA) is 51.7 Å². The second-order valence-corrected chi connectivity index (χ2v) is 3.76. The van der Waals surface area contributed by atoms with Crippen molar-refractivity contribution in [2.45, 2.75) is 0 Å². The fraction of sp³-hybridized carbons (Fsp3) is 0.143. The van der Waals surface area contributed by atoms with Crippen molar-refractivity contribution in [1.82, 2.24) is 10.0 Å². The van der Waals surface area contributed by atoms with Crippen LogP contribution in [0.2, 0.25) is 0 Å². The first-order valence-corrected chi connectivity index (χ1v) is 5.72. The lowest BCUT2D eigenvalue weighted by atomic mass is 10.2. The molecule has 5 nitrogen and oxygen atoms in total. The van der Waals surface area contributed by atoms with Gasteiger partial charge < -0.3 is 4.74 Å². The van der Waals surface area contributed by atoms with Crippen LogP contribution in [0.1, 0.15) is 10.4 Å². The lowest BCUT2D eigenvalue weighted by Gasteiger charge is -2.15. The molecule has 0 aliphatic carbocycles. The van der Waals surface area contributed by atoms with Gasteiger partial charge in [-0.15, -0.1) is 0 Å². The van der Waals surface area contributed by atoms with E-state index in [9.17, 15) is 4.79 Å². The van der Waals surface area contributed by atoms with Crippen LogP contribution in [0.3, 0.4) is 0 Å². The number of hydrogen-bond acceptors (Lipinski definition) is 4. The van der Waals surface area contributed by atoms with Crippen molar-refractivity contribution < 1.29 is 14.4 Å². The highest BCUT2D eigenvalue weighted by Gasteiger charge is 2.18. The molecule has 0 unspecified atom stereocenters. The normalized spacial score (nSPS) is 10.0. The van der Waals surface area contributed by atoms with Gasteiger partial charge in [-0.1, -0.05) is 18.2 Å². The quantitative estimate of drug-likeness (QED) is 0.791. The van der Waals surface area contributed by atoms with Gasteiger partial charge in [0.1, 0.15) is 11.3 Å². The molecule has 0 atom stereocenters. The van der Waals surface area contributed by atoms with Gasteiger partial charge in [0.25, 0.3) is 5.91 Å². The van der Waals surface area contributed by atoms with Crippen LogP contribution in [0.5, 0.6) is 11.6 Å². The van der Waals surface area contributed by atoms with E-state index >= 15 is 0 Å². The van der Waals surface area contributed by atoms with Gasteiger partial charge in [-0.25, -0.2) is 10.0 Å². The summed E-state index contributed by atoms with van der Waals surface area (Å²) in [6, 6.07) is 12.5. The Morgan fingerprint density at radius 2 is 1.89 bits per heavy atom. The zero-order valence-corrected chi connectivity index (χ0v) is 10.7. The molecule has 2 rings (SSSR count). The fourth-order valence-electron chi connectivity index (χ4n) is 1.49. The van der Waals surface area contributed by atoms with Crippen LogP contribution in [-0.2, 0) is 4.84 Å². The summed E-state index contributed by atoms with van der Waals surface area (Å²) in [7, 11) is 2.95. The van der Waals surface area contributed by atoms with Gasteiger partial charge in [-0.05, 0) is 24.3 Å². The van der Waals surface area contributed by atoms with E-state index in [1.54, 1.807) is 30.5 Å². The van der Waals surface area contributed by atoms with E-state index in [-0.39, 0.29) is 11.8 Å². The van der Waals surface area contributed by atoms with Crippen molar-refractivity contribution >= 4 is 5.91 Å². The highest BCUT2D eigenvalue weighted by molar-refractivity contribution is 5.95. The fourth-order valence-corrected chi connectivity index (χ4v) is 1.49. The number of nitrogens with zero attached hydrogens (tertiary/aromatic N) is 2. The highest BCUT2D eigenvalue weighted by atomic mass is 16.7. The van der Waals surface area contributed by atoms with Crippen molar-refractivity contribution in [3.8, 4) is 11.6 Å². The van der Waals surface area contributed by atoms with Crippen molar-refractivity contribution in [2.75, 3.05) is 14.2 Å². The molecule has 0 radical (unpaired) electrons. The maximum atomic E-state index is 12.1. The summed E-state index contributed by atoms with van der Waals surface area (Å²) in [5.41, 5.74) is 0.343. The van der Waals surface area contributed by atoms with Gasteiger partial charge in [0.05, 0.1) is 7.11 Å². The molecule has 0 aliphatic heterocycles. The first kappa shape index (κ1) is 13.0. The molecule has 0 bridgehead atoms. The number of para-hydroxylation sites is 1. The standard InChI is InChI=1S/C14H14N2O3/c1-16(18-2)14(17)12-9-6-10-15-13(12)19-11-7-4-3-5-8-11/h3-10H,1-2H3. The number of ether oxygens (including phenoxy) is 1. The van der Waals surface area contributed by atoms with Crippen molar-refractivity contribution in [2.24, 2.45) is 0 Å². The Balaban J connectivity index is 2.29. The Morgan fingerprint density at radius 1 is 1.16 bits per heavy atom. The van der Waals surface area contributed by atoms with Crippen LogP contribution in [-0.4, -0.2) is 30.1 Å². The minimum absolute atomic E-state index is 0.252. The predicted octanol–water partition coefficient (Wildman–Crippen LogP) is 2.51. The average molecular weight is 258 g/mol. The van der Waals surface area contributed by atoms with Crippen LogP contribution in [0.25, 0.3) is 0 Å². The third kappa shape index (κ3) is 3.08. The van der Waals surface area contributed by atoms with Crippen molar-refractivity contribution in [3.05, 3.63) is 54.2 Å². The number of hydrogen-bond donors (Lipinski definition) is 0. The second-order valence-electron chi connectivity index (χ2n) is 3.76.